The summed E-state index contributed by atoms with van der Waals surface area (Å²) in [4.78, 5) is 15.3. The molecule has 0 spiro atoms. The number of nitrogens with zero attached hydrogens (tertiary/aromatic N) is 3. The average Bonchev–Trinajstić information content (AvgIpc) is 3.54. The van der Waals surface area contributed by atoms with Crippen molar-refractivity contribution in [3.8, 4) is 56.4 Å². The lowest BCUT2D eigenvalue weighted by molar-refractivity contribution is 0.669. The van der Waals surface area contributed by atoms with Crippen LogP contribution in [0.15, 0.2) is 168 Å². The Bertz CT molecular complexity index is 2570. The van der Waals surface area contributed by atoms with Crippen molar-refractivity contribution in [1.29, 1.82) is 0 Å². The highest BCUT2D eigenvalue weighted by atomic mass is 16.3. The number of para-hydroxylation sites is 1. The second kappa shape index (κ2) is 11.2. The summed E-state index contributed by atoms with van der Waals surface area (Å²) in [6, 6.07) is 56.4. The Morgan fingerprint density at radius 2 is 0.830 bits per heavy atom. The molecular formula is C43H27N3O. The lowest BCUT2D eigenvalue weighted by Gasteiger charge is -2.13. The van der Waals surface area contributed by atoms with Crippen LogP contribution < -0.4 is 0 Å². The van der Waals surface area contributed by atoms with Gasteiger partial charge in [0.1, 0.15) is 11.2 Å². The van der Waals surface area contributed by atoms with E-state index >= 15 is 0 Å². The third kappa shape index (κ3) is 4.75. The molecule has 9 aromatic rings. The van der Waals surface area contributed by atoms with Crippen LogP contribution in [0, 0.1) is 0 Å². The Labute approximate surface area is 271 Å². The molecule has 2 aromatic heterocycles. The Morgan fingerprint density at radius 3 is 1.64 bits per heavy atom. The summed E-state index contributed by atoms with van der Waals surface area (Å²) in [5.41, 5.74) is 9.14. The largest absolute Gasteiger partial charge is 0.456 e. The smallest absolute Gasteiger partial charge is 0.164 e. The highest BCUT2D eigenvalue weighted by Gasteiger charge is 2.19. The molecule has 47 heavy (non-hydrogen) atoms. The summed E-state index contributed by atoms with van der Waals surface area (Å²) in [7, 11) is 0. The number of benzene rings is 7. The number of hydrogen-bond acceptors (Lipinski definition) is 4. The fourth-order valence-corrected chi connectivity index (χ4v) is 6.55. The molecule has 9 rings (SSSR count). The molecule has 4 heteroatoms. The van der Waals surface area contributed by atoms with Crippen LogP contribution in [-0.4, -0.2) is 15.0 Å². The number of aromatic nitrogens is 3. The van der Waals surface area contributed by atoms with Gasteiger partial charge in [0.15, 0.2) is 17.5 Å². The second-order valence-corrected chi connectivity index (χ2v) is 11.6. The maximum Gasteiger partial charge on any atom is 0.164 e. The Morgan fingerprint density at radius 1 is 0.319 bits per heavy atom. The monoisotopic (exact) mass is 601 g/mol. The number of hydrogen-bond donors (Lipinski definition) is 0. The minimum Gasteiger partial charge on any atom is -0.456 e. The molecule has 0 aliphatic heterocycles. The van der Waals surface area contributed by atoms with E-state index in [9.17, 15) is 0 Å². The van der Waals surface area contributed by atoms with E-state index in [0.717, 1.165) is 60.5 Å². The fraction of sp³-hybridized carbons (Fsp3) is 0. The molecule has 0 bridgehead atoms. The van der Waals surface area contributed by atoms with Gasteiger partial charge in [0.2, 0.25) is 0 Å². The SMILES string of the molecule is c1ccc(-c2cccc(-c3cccc4c(-c5nc(-c6ccccc6)nc(-c6cccc7oc8ccccc8c67)n5)cccc34)c2)cc1. The summed E-state index contributed by atoms with van der Waals surface area (Å²) in [5, 5.41) is 4.26. The van der Waals surface area contributed by atoms with Gasteiger partial charge in [0, 0.05) is 27.5 Å². The summed E-state index contributed by atoms with van der Waals surface area (Å²) in [6.07, 6.45) is 0. The van der Waals surface area contributed by atoms with Gasteiger partial charge in [0.25, 0.3) is 0 Å². The molecule has 0 aliphatic rings. The van der Waals surface area contributed by atoms with Crippen LogP contribution in [0.4, 0.5) is 0 Å². The van der Waals surface area contributed by atoms with Crippen molar-refractivity contribution in [2.24, 2.45) is 0 Å². The van der Waals surface area contributed by atoms with Gasteiger partial charge < -0.3 is 4.42 Å². The normalized spacial score (nSPS) is 11.4. The van der Waals surface area contributed by atoms with Gasteiger partial charge in [-0.1, -0.05) is 146 Å². The van der Waals surface area contributed by atoms with E-state index in [1.807, 2.05) is 66.7 Å². The minimum atomic E-state index is 0.606. The molecule has 220 valence electrons. The van der Waals surface area contributed by atoms with Crippen LogP contribution >= 0.6 is 0 Å². The maximum absolute atomic E-state index is 6.22. The Kier molecular flexibility index (Phi) is 6.43. The first-order chi connectivity index (χ1) is 23.3. The number of fused-ring (bicyclic) bond motifs is 4. The van der Waals surface area contributed by atoms with Gasteiger partial charge in [-0.3, -0.25) is 0 Å². The first kappa shape index (κ1) is 27.0. The standard InChI is InChI=1S/C43H27N3O/c1-3-13-28(14-4-1)30-17-9-18-31(27-30)32-20-10-22-34-33(32)21-11-23-35(34)42-44-41(29-15-5-2-6-16-29)45-43(46-42)37-24-12-26-39-40(37)36-19-7-8-25-38(36)47-39/h1-27H. The van der Waals surface area contributed by atoms with Gasteiger partial charge in [0.05, 0.1) is 0 Å². The summed E-state index contributed by atoms with van der Waals surface area (Å²) in [5.74, 6) is 1.85. The molecular weight excluding hydrogens is 574 g/mol. The number of rotatable bonds is 5. The second-order valence-electron chi connectivity index (χ2n) is 11.6. The highest BCUT2D eigenvalue weighted by Crippen LogP contribution is 2.38. The van der Waals surface area contributed by atoms with Crippen LogP contribution in [0.5, 0.6) is 0 Å². The molecule has 0 saturated carbocycles. The van der Waals surface area contributed by atoms with Crippen LogP contribution in [0.3, 0.4) is 0 Å². The van der Waals surface area contributed by atoms with Gasteiger partial charge in [-0.25, -0.2) is 15.0 Å². The van der Waals surface area contributed by atoms with E-state index in [1.54, 1.807) is 0 Å². The van der Waals surface area contributed by atoms with Crippen molar-refractivity contribution < 1.29 is 4.42 Å². The lowest BCUT2D eigenvalue weighted by atomic mass is 9.93. The third-order valence-corrected chi connectivity index (χ3v) is 8.75. The van der Waals surface area contributed by atoms with Crippen LogP contribution in [0.25, 0.3) is 89.1 Å². The van der Waals surface area contributed by atoms with Crippen molar-refractivity contribution in [2.45, 2.75) is 0 Å². The molecule has 2 heterocycles. The van der Waals surface area contributed by atoms with Crippen LogP contribution in [0.2, 0.25) is 0 Å². The van der Waals surface area contributed by atoms with E-state index in [0.29, 0.717) is 17.5 Å². The molecule has 0 amide bonds. The molecule has 0 saturated heterocycles. The molecule has 0 fully saturated rings. The van der Waals surface area contributed by atoms with Crippen LogP contribution in [0.1, 0.15) is 0 Å². The van der Waals surface area contributed by atoms with Gasteiger partial charge >= 0.3 is 0 Å². The van der Waals surface area contributed by atoms with E-state index in [2.05, 4.69) is 97.1 Å². The zero-order valence-corrected chi connectivity index (χ0v) is 25.3. The predicted octanol–water partition coefficient (Wildman–Crippen LogP) is 11.3. The summed E-state index contributed by atoms with van der Waals surface area (Å²) < 4.78 is 6.22. The molecule has 0 aliphatic carbocycles. The third-order valence-electron chi connectivity index (χ3n) is 8.75. The Hall–Kier alpha value is -6.39. The molecule has 4 nitrogen and oxygen atoms in total. The van der Waals surface area contributed by atoms with E-state index < -0.39 is 0 Å². The van der Waals surface area contributed by atoms with Crippen molar-refractivity contribution in [3.05, 3.63) is 164 Å². The number of furan rings is 1. The highest BCUT2D eigenvalue weighted by molar-refractivity contribution is 6.12. The minimum absolute atomic E-state index is 0.606. The summed E-state index contributed by atoms with van der Waals surface area (Å²) in [6.45, 7) is 0. The lowest BCUT2D eigenvalue weighted by Crippen LogP contribution is -2.01. The average molecular weight is 602 g/mol. The first-order valence-corrected chi connectivity index (χ1v) is 15.7. The van der Waals surface area contributed by atoms with Crippen molar-refractivity contribution >= 4 is 32.7 Å². The predicted molar refractivity (Wildman–Crippen MR) is 192 cm³/mol. The zero-order valence-electron chi connectivity index (χ0n) is 25.3. The zero-order chi connectivity index (χ0) is 31.2. The molecule has 0 unspecified atom stereocenters. The molecule has 7 aromatic carbocycles. The van der Waals surface area contributed by atoms with E-state index in [-0.39, 0.29) is 0 Å². The van der Waals surface area contributed by atoms with Gasteiger partial charge in [-0.2, -0.15) is 0 Å². The Balaban J connectivity index is 1.26. The van der Waals surface area contributed by atoms with Gasteiger partial charge in [-0.15, -0.1) is 0 Å². The molecule has 0 radical (unpaired) electrons. The summed E-state index contributed by atoms with van der Waals surface area (Å²) >= 11 is 0. The maximum atomic E-state index is 6.22. The van der Waals surface area contributed by atoms with Crippen molar-refractivity contribution in [1.82, 2.24) is 15.0 Å². The molecule has 0 atom stereocenters. The van der Waals surface area contributed by atoms with Crippen LogP contribution in [-0.2, 0) is 0 Å². The molecule has 0 N–H and O–H groups in total. The van der Waals surface area contributed by atoms with Crippen molar-refractivity contribution in [3.63, 3.8) is 0 Å². The topological polar surface area (TPSA) is 51.8 Å². The quantitative estimate of drug-likeness (QED) is 0.197. The first-order valence-electron chi connectivity index (χ1n) is 15.7. The fourth-order valence-electron chi connectivity index (χ4n) is 6.55. The van der Waals surface area contributed by atoms with E-state index in [4.69, 9.17) is 19.4 Å². The van der Waals surface area contributed by atoms with Gasteiger partial charge in [-0.05, 0) is 51.2 Å². The van der Waals surface area contributed by atoms with Crippen molar-refractivity contribution in [2.75, 3.05) is 0 Å². The van der Waals surface area contributed by atoms with E-state index in [1.165, 1.54) is 11.1 Å².